The van der Waals surface area contributed by atoms with Gasteiger partial charge in [0.25, 0.3) is 5.91 Å². The van der Waals surface area contributed by atoms with Gasteiger partial charge in [-0.05, 0) is 36.8 Å². The summed E-state index contributed by atoms with van der Waals surface area (Å²) in [6, 6.07) is 11.9. The van der Waals surface area contributed by atoms with Crippen molar-refractivity contribution < 1.29 is 9.59 Å². The van der Waals surface area contributed by atoms with Crippen LogP contribution in [0.2, 0.25) is 5.02 Å². The van der Waals surface area contributed by atoms with Crippen molar-refractivity contribution >= 4 is 46.4 Å². The average molecular weight is 370 g/mol. The van der Waals surface area contributed by atoms with E-state index in [2.05, 4.69) is 10.3 Å². The van der Waals surface area contributed by atoms with Gasteiger partial charge in [-0.2, -0.15) is 4.99 Å². The predicted octanol–water partition coefficient (Wildman–Crippen LogP) is 2.44. The number of carbonyl (C=O) groups is 2. The number of hydrogen-bond acceptors (Lipinski definition) is 5. The van der Waals surface area contributed by atoms with Crippen LogP contribution in [0.5, 0.6) is 0 Å². The van der Waals surface area contributed by atoms with E-state index in [0.29, 0.717) is 16.4 Å². The maximum Gasteiger partial charge on any atom is 0.251 e. The topological polar surface area (TPSA) is 91.0 Å². The van der Waals surface area contributed by atoms with Crippen LogP contribution >= 0.6 is 11.6 Å². The van der Waals surface area contributed by atoms with E-state index in [9.17, 15) is 9.59 Å². The maximum atomic E-state index is 13.0. The number of halogens is 1. The molecule has 3 N–H and O–H groups in total. The summed E-state index contributed by atoms with van der Waals surface area (Å²) in [5, 5.41) is 4.72. The molecule has 0 saturated heterocycles. The van der Waals surface area contributed by atoms with Crippen molar-refractivity contribution in [3.05, 3.63) is 53.1 Å². The van der Waals surface area contributed by atoms with Crippen molar-refractivity contribution in [2.24, 2.45) is 10.8 Å². The second kappa shape index (κ2) is 6.12. The molecule has 0 unspecified atom stereocenters. The summed E-state index contributed by atoms with van der Waals surface area (Å²) in [4.78, 5) is 30.8. The number of aliphatic imine (C=N–C) groups is 1. The Balaban J connectivity index is 1.70. The summed E-state index contributed by atoms with van der Waals surface area (Å²) in [6.45, 7) is 1.87. The summed E-state index contributed by atoms with van der Waals surface area (Å²) < 4.78 is 0. The smallest absolute Gasteiger partial charge is 0.251 e. The van der Waals surface area contributed by atoms with Crippen LogP contribution in [0.4, 0.5) is 17.1 Å². The molecule has 0 bridgehead atoms. The molecule has 26 heavy (non-hydrogen) atoms. The molecule has 2 aliphatic heterocycles. The molecule has 0 aliphatic carbocycles. The van der Waals surface area contributed by atoms with Crippen LogP contribution in [-0.4, -0.2) is 23.8 Å². The average Bonchev–Trinajstić information content (AvgIpc) is 2.90. The molecule has 0 radical (unpaired) electrons. The van der Waals surface area contributed by atoms with Crippen molar-refractivity contribution in [2.75, 3.05) is 15.2 Å². The normalized spacial score (nSPS) is 18.3. The van der Waals surface area contributed by atoms with Gasteiger partial charge < -0.3 is 5.32 Å². The lowest BCUT2D eigenvalue weighted by Gasteiger charge is -2.31. The first-order valence-electron chi connectivity index (χ1n) is 8.07. The number of nitrogens with two attached hydrogens (primary N) is 1. The zero-order valence-corrected chi connectivity index (χ0v) is 14.7. The van der Waals surface area contributed by atoms with Crippen molar-refractivity contribution in [3.8, 4) is 0 Å². The number of benzene rings is 2. The molecule has 7 nitrogen and oxygen atoms in total. The number of guanidine groups is 1. The van der Waals surface area contributed by atoms with Crippen LogP contribution in [0.25, 0.3) is 0 Å². The Kier molecular flexibility index (Phi) is 3.90. The summed E-state index contributed by atoms with van der Waals surface area (Å²) in [6.07, 6.45) is -0.0306. The number of carbonyl (C=O) groups excluding carboxylic acids is 2. The van der Waals surface area contributed by atoms with Crippen LogP contribution in [0.1, 0.15) is 12.0 Å². The van der Waals surface area contributed by atoms with Crippen molar-refractivity contribution in [2.45, 2.75) is 19.4 Å². The molecule has 8 heteroatoms. The number of nitrogens with zero attached hydrogens (tertiary/aromatic N) is 3. The molecule has 0 spiro atoms. The first-order valence-corrected chi connectivity index (χ1v) is 8.45. The van der Waals surface area contributed by atoms with Gasteiger partial charge in [-0.25, -0.2) is 10.9 Å². The lowest BCUT2D eigenvalue weighted by molar-refractivity contribution is -0.123. The molecule has 132 valence electrons. The van der Waals surface area contributed by atoms with Crippen LogP contribution in [0.15, 0.2) is 47.5 Å². The fourth-order valence-electron chi connectivity index (χ4n) is 3.19. The number of aryl methyl sites for hydroxylation is 1. The van der Waals surface area contributed by atoms with Crippen LogP contribution in [-0.2, 0) is 9.59 Å². The van der Waals surface area contributed by atoms with Crippen LogP contribution in [0, 0.1) is 6.92 Å². The molecule has 2 amide bonds. The highest BCUT2D eigenvalue weighted by atomic mass is 35.5. The van der Waals surface area contributed by atoms with E-state index in [1.54, 1.807) is 17.0 Å². The zero-order chi connectivity index (χ0) is 18.4. The van der Waals surface area contributed by atoms with E-state index >= 15 is 0 Å². The van der Waals surface area contributed by atoms with E-state index in [4.69, 9.17) is 17.4 Å². The number of para-hydroxylation sites is 2. The van der Waals surface area contributed by atoms with Crippen molar-refractivity contribution in [1.82, 2.24) is 0 Å². The highest BCUT2D eigenvalue weighted by molar-refractivity contribution is 6.31. The summed E-state index contributed by atoms with van der Waals surface area (Å²) in [5.41, 5.74) is 2.92. The van der Waals surface area contributed by atoms with Gasteiger partial charge in [0.05, 0.1) is 17.8 Å². The standard InChI is InChI=1S/C18H16ClN5O2/c1-10-6-7-11(19)8-12(10)21-17(26)15-9-16(25)22-18-23(15)13-4-2-3-5-14(13)24(18)20/h2-8,15H,9,20H2,1H3,(H,21,26)/t15-/m0/s1. The highest BCUT2D eigenvalue weighted by Crippen LogP contribution is 2.39. The molecule has 4 rings (SSSR count). The minimum absolute atomic E-state index is 0.0306. The number of hydrogen-bond donors (Lipinski definition) is 2. The molecular formula is C18H16ClN5O2. The first-order chi connectivity index (χ1) is 12.5. The van der Waals surface area contributed by atoms with E-state index < -0.39 is 6.04 Å². The van der Waals surface area contributed by atoms with E-state index in [-0.39, 0.29) is 24.2 Å². The van der Waals surface area contributed by atoms with Crippen LogP contribution < -0.4 is 21.1 Å². The SMILES string of the molecule is Cc1ccc(Cl)cc1NC(=O)[C@@H]1CC(=O)N=C2N(N)c3ccccc3N21. The lowest BCUT2D eigenvalue weighted by atomic mass is 10.1. The molecule has 2 aromatic rings. The zero-order valence-electron chi connectivity index (χ0n) is 13.9. The highest BCUT2D eigenvalue weighted by Gasteiger charge is 2.43. The molecular weight excluding hydrogens is 354 g/mol. The maximum absolute atomic E-state index is 13.0. The number of amides is 2. The van der Waals surface area contributed by atoms with Gasteiger partial charge in [0, 0.05) is 10.7 Å². The first kappa shape index (κ1) is 16.6. The largest absolute Gasteiger partial charge is 0.324 e. The second-order valence-corrected chi connectivity index (χ2v) is 6.64. The quantitative estimate of drug-likeness (QED) is 0.793. The third-order valence-electron chi connectivity index (χ3n) is 4.50. The predicted molar refractivity (Wildman–Crippen MR) is 101 cm³/mol. The van der Waals surface area contributed by atoms with Gasteiger partial charge >= 0.3 is 0 Å². The fourth-order valence-corrected chi connectivity index (χ4v) is 3.36. The molecule has 2 aliphatic rings. The van der Waals surface area contributed by atoms with E-state index in [1.165, 1.54) is 5.01 Å². The van der Waals surface area contributed by atoms with Gasteiger partial charge in [-0.3, -0.25) is 14.5 Å². The molecule has 1 atom stereocenters. The minimum Gasteiger partial charge on any atom is -0.324 e. The number of fused-ring (bicyclic) bond motifs is 3. The third-order valence-corrected chi connectivity index (χ3v) is 4.73. The Bertz CT molecular complexity index is 958. The number of anilines is 3. The Morgan fingerprint density at radius 1 is 1.27 bits per heavy atom. The van der Waals surface area contributed by atoms with Gasteiger partial charge in [-0.1, -0.05) is 29.8 Å². The molecule has 0 fully saturated rings. The Morgan fingerprint density at radius 3 is 2.77 bits per heavy atom. The summed E-state index contributed by atoms with van der Waals surface area (Å²) in [5.74, 6) is 5.63. The van der Waals surface area contributed by atoms with Crippen molar-refractivity contribution in [3.63, 3.8) is 0 Å². The van der Waals surface area contributed by atoms with E-state index in [1.807, 2.05) is 37.3 Å². The number of rotatable bonds is 2. The number of hydrazine groups is 1. The Labute approximate surface area is 155 Å². The van der Waals surface area contributed by atoms with Crippen molar-refractivity contribution in [1.29, 1.82) is 0 Å². The third kappa shape index (κ3) is 2.61. The molecule has 0 saturated carbocycles. The van der Waals surface area contributed by atoms with E-state index in [0.717, 1.165) is 11.3 Å². The van der Waals surface area contributed by atoms with Gasteiger partial charge in [-0.15, -0.1) is 0 Å². The summed E-state index contributed by atoms with van der Waals surface area (Å²) >= 11 is 6.03. The molecule has 2 heterocycles. The van der Waals surface area contributed by atoms with Gasteiger partial charge in [0.1, 0.15) is 6.04 Å². The number of nitrogens with one attached hydrogen (secondary N) is 1. The Hall–Kier alpha value is -2.90. The fraction of sp³-hybridized carbons (Fsp3) is 0.167. The minimum atomic E-state index is -0.747. The van der Waals surface area contributed by atoms with Gasteiger partial charge in [0.15, 0.2) is 0 Å². The lowest BCUT2D eigenvalue weighted by Crippen LogP contribution is -2.55. The van der Waals surface area contributed by atoms with Crippen LogP contribution in [0.3, 0.4) is 0 Å². The Morgan fingerprint density at radius 2 is 2.00 bits per heavy atom. The summed E-state index contributed by atoms with van der Waals surface area (Å²) in [7, 11) is 0. The molecule has 2 aromatic carbocycles. The molecule has 0 aromatic heterocycles. The van der Waals surface area contributed by atoms with Gasteiger partial charge in [0.2, 0.25) is 11.9 Å². The second-order valence-electron chi connectivity index (χ2n) is 6.20. The monoisotopic (exact) mass is 369 g/mol.